The lowest BCUT2D eigenvalue weighted by atomic mass is 9.75. The van der Waals surface area contributed by atoms with Crippen LogP contribution in [0, 0.1) is 12.3 Å². The van der Waals surface area contributed by atoms with E-state index < -0.39 is 0 Å². The highest BCUT2D eigenvalue weighted by atomic mass is 79.9. The van der Waals surface area contributed by atoms with E-state index in [4.69, 9.17) is 0 Å². The molecule has 0 spiro atoms. The highest BCUT2D eigenvalue weighted by molar-refractivity contribution is 9.10. The van der Waals surface area contributed by atoms with Gasteiger partial charge in [-0.15, -0.1) is 0 Å². The molecule has 1 aromatic rings. The van der Waals surface area contributed by atoms with Gasteiger partial charge in [0, 0.05) is 16.2 Å². The summed E-state index contributed by atoms with van der Waals surface area (Å²) in [5.41, 5.74) is 3.09. The molecule has 0 radical (unpaired) electrons. The predicted octanol–water partition coefficient (Wildman–Crippen LogP) is 5.14. The molecule has 1 nitrogen and oxygen atoms in total. The van der Waals surface area contributed by atoms with E-state index in [-0.39, 0.29) is 0 Å². The van der Waals surface area contributed by atoms with Crippen molar-refractivity contribution in [3.8, 4) is 0 Å². The molecule has 1 fully saturated rings. The molecule has 94 valence electrons. The summed E-state index contributed by atoms with van der Waals surface area (Å²) >= 11 is 3.67. The van der Waals surface area contributed by atoms with Crippen LogP contribution in [-0.2, 0) is 0 Å². The minimum absolute atomic E-state index is 0.544. The molecule has 0 aliphatic heterocycles. The zero-order valence-electron chi connectivity index (χ0n) is 11.0. The van der Waals surface area contributed by atoms with Crippen LogP contribution in [0.5, 0.6) is 0 Å². The molecule has 0 heterocycles. The van der Waals surface area contributed by atoms with Gasteiger partial charge in [-0.05, 0) is 65.6 Å². The number of rotatable bonds is 2. The second-order valence-electron chi connectivity index (χ2n) is 6.02. The van der Waals surface area contributed by atoms with Gasteiger partial charge in [0.2, 0.25) is 0 Å². The van der Waals surface area contributed by atoms with Crippen LogP contribution >= 0.6 is 15.9 Å². The number of halogens is 1. The Morgan fingerprint density at radius 3 is 2.53 bits per heavy atom. The van der Waals surface area contributed by atoms with Crippen molar-refractivity contribution >= 4 is 21.6 Å². The normalized spacial score (nSPS) is 20.2. The zero-order chi connectivity index (χ0) is 12.5. The Kier molecular flexibility index (Phi) is 3.82. The quantitative estimate of drug-likeness (QED) is 0.797. The summed E-state index contributed by atoms with van der Waals surface area (Å²) in [4.78, 5) is 0. The van der Waals surface area contributed by atoms with Gasteiger partial charge in [0.05, 0.1) is 0 Å². The monoisotopic (exact) mass is 295 g/mol. The van der Waals surface area contributed by atoms with Crippen molar-refractivity contribution in [3.05, 3.63) is 28.2 Å². The van der Waals surface area contributed by atoms with Gasteiger partial charge < -0.3 is 5.32 Å². The van der Waals surface area contributed by atoms with E-state index in [2.05, 4.69) is 60.2 Å². The average molecular weight is 296 g/mol. The van der Waals surface area contributed by atoms with Crippen molar-refractivity contribution in [1.82, 2.24) is 0 Å². The average Bonchev–Trinajstić information content (AvgIpc) is 2.27. The Hall–Kier alpha value is -0.500. The largest absolute Gasteiger partial charge is 0.381 e. The maximum atomic E-state index is 3.68. The van der Waals surface area contributed by atoms with E-state index in [1.807, 2.05) is 0 Å². The molecule has 0 bridgehead atoms. The summed E-state index contributed by atoms with van der Waals surface area (Å²) in [6, 6.07) is 7.06. The molecule has 1 N–H and O–H groups in total. The Morgan fingerprint density at radius 1 is 1.24 bits per heavy atom. The Labute approximate surface area is 113 Å². The van der Waals surface area contributed by atoms with Crippen LogP contribution in [0.3, 0.4) is 0 Å². The minimum Gasteiger partial charge on any atom is -0.381 e. The fourth-order valence-electron chi connectivity index (χ4n) is 2.52. The zero-order valence-corrected chi connectivity index (χ0v) is 12.6. The smallest absolute Gasteiger partial charge is 0.0489 e. The van der Waals surface area contributed by atoms with Crippen LogP contribution in [0.1, 0.15) is 45.1 Å². The Bertz CT molecular complexity index is 388. The van der Waals surface area contributed by atoms with Gasteiger partial charge in [-0.3, -0.25) is 0 Å². The maximum Gasteiger partial charge on any atom is 0.0489 e. The highest BCUT2D eigenvalue weighted by Crippen LogP contribution is 2.37. The van der Waals surface area contributed by atoms with Crippen LogP contribution in [0.25, 0.3) is 0 Å². The summed E-state index contributed by atoms with van der Waals surface area (Å²) in [7, 11) is 0. The van der Waals surface area contributed by atoms with Crippen LogP contribution in [0.2, 0.25) is 0 Å². The van der Waals surface area contributed by atoms with Crippen molar-refractivity contribution in [2.45, 2.75) is 52.5 Å². The molecule has 0 amide bonds. The second kappa shape index (κ2) is 5.01. The molecule has 1 aliphatic rings. The lowest BCUT2D eigenvalue weighted by molar-refractivity contribution is 0.232. The van der Waals surface area contributed by atoms with E-state index in [1.165, 1.54) is 41.4 Å². The van der Waals surface area contributed by atoms with Crippen LogP contribution in [-0.4, -0.2) is 6.04 Å². The number of benzene rings is 1. The molecule has 0 atom stereocenters. The lowest BCUT2D eigenvalue weighted by Gasteiger charge is -2.35. The molecule has 0 aromatic heterocycles. The lowest BCUT2D eigenvalue weighted by Crippen LogP contribution is -2.29. The maximum absolute atomic E-state index is 3.68. The number of hydrogen-bond acceptors (Lipinski definition) is 1. The first-order chi connectivity index (χ1) is 7.98. The fraction of sp³-hybridized carbons (Fsp3) is 0.600. The third-order valence-electron chi connectivity index (χ3n) is 3.89. The molecule has 0 saturated heterocycles. The number of hydrogen-bond donors (Lipinski definition) is 1. The van der Waals surface area contributed by atoms with E-state index in [0.29, 0.717) is 11.5 Å². The van der Waals surface area contributed by atoms with Gasteiger partial charge in [-0.2, -0.15) is 0 Å². The van der Waals surface area contributed by atoms with Crippen molar-refractivity contribution in [2.75, 3.05) is 5.32 Å². The van der Waals surface area contributed by atoms with E-state index in [0.717, 1.165) is 0 Å². The van der Waals surface area contributed by atoms with Crippen LogP contribution in [0.15, 0.2) is 22.7 Å². The molecule has 17 heavy (non-hydrogen) atoms. The first-order valence-electron chi connectivity index (χ1n) is 6.50. The van der Waals surface area contributed by atoms with Gasteiger partial charge in [-0.1, -0.05) is 26.0 Å². The van der Waals surface area contributed by atoms with Gasteiger partial charge in [0.25, 0.3) is 0 Å². The Balaban J connectivity index is 2.00. The molecule has 1 saturated carbocycles. The highest BCUT2D eigenvalue weighted by Gasteiger charge is 2.26. The standard InChI is InChI=1S/C15H22BrN/c1-11-5-4-6-13(14(11)16)17-12-7-9-15(2,3)10-8-12/h4-6,12,17H,7-10H2,1-3H3. The molecule has 1 aliphatic carbocycles. The van der Waals surface area contributed by atoms with E-state index in [9.17, 15) is 0 Å². The van der Waals surface area contributed by atoms with Crippen molar-refractivity contribution < 1.29 is 0 Å². The van der Waals surface area contributed by atoms with Gasteiger partial charge in [0.15, 0.2) is 0 Å². The summed E-state index contributed by atoms with van der Waals surface area (Å²) in [5, 5.41) is 3.68. The fourth-order valence-corrected chi connectivity index (χ4v) is 2.90. The number of aryl methyl sites for hydroxylation is 1. The molecule has 1 aromatic carbocycles. The van der Waals surface area contributed by atoms with Crippen molar-refractivity contribution in [1.29, 1.82) is 0 Å². The summed E-state index contributed by atoms with van der Waals surface area (Å²) in [6.45, 7) is 6.90. The molecular formula is C15H22BrN. The second-order valence-corrected chi connectivity index (χ2v) is 6.81. The van der Waals surface area contributed by atoms with Crippen molar-refractivity contribution in [3.63, 3.8) is 0 Å². The van der Waals surface area contributed by atoms with Crippen molar-refractivity contribution in [2.24, 2.45) is 5.41 Å². The Morgan fingerprint density at radius 2 is 1.88 bits per heavy atom. The molecule has 2 rings (SSSR count). The predicted molar refractivity (Wildman–Crippen MR) is 78.5 cm³/mol. The third-order valence-corrected chi connectivity index (χ3v) is 4.94. The van der Waals surface area contributed by atoms with Crippen LogP contribution < -0.4 is 5.32 Å². The third kappa shape index (κ3) is 3.25. The number of anilines is 1. The van der Waals surface area contributed by atoms with E-state index >= 15 is 0 Å². The molecular weight excluding hydrogens is 274 g/mol. The summed E-state index contributed by atoms with van der Waals surface area (Å²) in [5.74, 6) is 0. The minimum atomic E-state index is 0.544. The SMILES string of the molecule is Cc1cccc(NC2CCC(C)(C)CC2)c1Br. The molecule has 0 unspecified atom stereocenters. The van der Waals surface area contributed by atoms with Gasteiger partial charge in [0.1, 0.15) is 0 Å². The molecule has 2 heteroatoms. The number of nitrogens with one attached hydrogen (secondary N) is 1. The van der Waals surface area contributed by atoms with E-state index in [1.54, 1.807) is 0 Å². The van der Waals surface area contributed by atoms with Gasteiger partial charge in [-0.25, -0.2) is 0 Å². The first-order valence-corrected chi connectivity index (χ1v) is 7.29. The summed E-state index contributed by atoms with van der Waals surface area (Å²) < 4.78 is 1.21. The van der Waals surface area contributed by atoms with Gasteiger partial charge >= 0.3 is 0 Å². The summed E-state index contributed by atoms with van der Waals surface area (Å²) in [6.07, 6.45) is 5.23. The van der Waals surface area contributed by atoms with Crippen LogP contribution in [0.4, 0.5) is 5.69 Å². The first kappa shape index (κ1) is 12.9. The topological polar surface area (TPSA) is 12.0 Å².